The Balaban J connectivity index is 1.92. The highest BCUT2D eigenvalue weighted by Gasteiger charge is 2.25. The molecule has 5 rings (SSSR count). The molecule has 0 spiro atoms. The molecule has 0 atom stereocenters. The Morgan fingerprint density at radius 3 is 2.35 bits per heavy atom. The summed E-state index contributed by atoms with van der Waals surface area (Å²) in [6.45, 7) is 3.87. The minimum atomic E-state index is -0.422. The van der Waals surface area contributed by atoms with Crippen molar-refractivity contribution in [1.29, 1.82) is 0 Å². The van der Waals surface area contributed by atoms with Crippen LogP contribution in [0.1, 0.15) is 22.5 Å². The maximum absolute atomic E-state index is 12.2. The number of hydrogen-bond acceptors (Lipinski definition) is 5. The third kappa shape index (κ3) is 3.11. The molecule has 1 N–H and O–H groups in total. The van der Waals surface area contributed by atoms with E-state index in [-0.39, 0.29) is 0 Å². The van der Waals surface area contributed by atoms with Crippen LogP contribution in [0.4, 0.5) is 0 Å². The molecule has 5 heteroatoms. The average Bonchev–Trinajstić information content (AvgIpc) is 3.16. The van der Waals surface area contributed by atoms with Crippen LogP contribution in [-0.4, -0.2) is 10.9 Å². The number of benzene rings is 3. The molecule has 0 fully saturated rings. The van der Waals surface area contributed by atoms with Crippen LogP contribution in [0, 0.1) is 13.8 Å². The van der Waals surface area contributed by atoms with Gasteiger partial charge >= 0.3 is 5.63 Å². The largest absolute Gasteiger partial charge is 0.453 e. The smallest absolute Gasteiger partial charge is 0.336 e. The lowest BCUT2D eigenvalue weighted by molar-refractivity contribution is 0.318. The molecule has 0 bridgehead atoms. The van der Waals surface area contributed by atoms with Crippen molar-refractivity contribution in [2.45, 2.75) is 13.8 Å². The highest BCUT2D eigenvalue weighted by atomic mass is 16.4. The maximum atomic E-state index is 12.2. The molecule has 0 saturated carbocycles. The molecule has 0 aliphatic carbocycles. The molecular formula is C26H19NO4. The second kappa shape index (κ2) is 7.29. The van der Waals surface area contributed by atoms with Crippen molar-refractivity contribution in [2.75, 3.05) is 0 Å². The predicted octanol–water partition coefficient (Wildman–Crippen LogP) is 6.05. The van der Waals surface area contributed by atoms with Crippen molar-refractivity contribution in [2.24, 2.45) is 5.16 Å². The Labute approximate surface area is 177 Å². The fourth-order valence-electron chi connectivity index (χ4n) is 3.95. The van der Waals surface area contributed by atoms with Gasteiger partial charge in [-0.05, 0) is 37.1 Å². The Morgan fingerprint density at radius 2 is 1.65 bits per heavy atom. The van der Waals surface area contributed by atoms with E-state index in [1.54, 1.807) is 0 Å². The third-order valence-electron chi connectivity index (χ3n) is 5.47. The summed E-state index contributed by atoms with van der Waals surface area (Å²) in [6, 6.07) is 22.5. The van der Waals surface area contributed by atoms with Crippen LogP contribution >= 0.6 is 0 Å². The minimum Gasteiger partial charge on any atom is -0.453 e. The summed E-state index contributed by atoms with van der Waals surface area (Å²) in [5, 5.41) is 15.0. The second-order valence-corrected chi connectivity index (χ2v) is 7.55. The number of nitrogens with zero attached hydrogens (tertiary/aromatic N) is 1. The highest BCUT2D eigenvalue weighted by Crippen LogP contribution is 2.40. The summed E-state index contributed by atoms with van der Waals surface area (Å²) in [5.74, 6) is 0.407. The van der Waals surface area contributed by atoms with E-state index in [1.807, 2.05) is 80.6 Å². The maximum Gasteiger partial charge on any atom is 0.336 e. The summed E-state index contributed by atoms with van der Waals surface area (Å²) in [7, 11) is 0. The normalized spacial score (nSPS) is 12.0. The molecule has 5 aromatic rings. The molecule has 2 aromatic heterocycles. The van der Waals surface area contributed by atoms with Gasteiger partial charge in [-0.3, -0.25) is 0 Å². The number of oxime groups is 1. The molecule has 0 saturated heterocycles. The highest BCUT2D eigenvalue weighted by molar-refractivity contribution is 6.21. The first kappa shape index (κ1) is 18.9. The van der Waals surface area contributed by atoms with Crippen LogP contribution in [-0.2, 0) is 0 Å². The van der Waals surface area contributed by atoms with Crippen molar-refractivity contribution in [1.82, 2.24) is 0 Å². The van der Waals surface area contributed by atoms with Crippen LogP contribution < -0.4 is 5.63 Å². The monoisotopic (exact) mass is 409 g/mol. The number of fused-ring (bicyclic) bond motifs is 3. The van der Waals surface area contributed by atoms with Gasteiger partial charge in [0, 0.05) is 22.6 Å². The van der Waals surface area contributed by atoms with Crippen LogP contribution in [0.5, 0.6) is 0 Å². The zero-order valence-corrected chi connectivity index (χ0v) is 17.0. The first-order valence-electron chi connectivity index (χ1n) is 9.91. The summed E-state index contributed by atoms with van der Waals surface area (Å²) in [6.07, 6.45) is 0. The van der Waals surface area contributed by atoms with Gasteiger partial charge in [0.15, 0.2) is 11.5 Å². The Kier molecular flexibility index (Phi) is 4.44. The van der Waals surface area contributed by atoms with Crippen molar-refractivity contribution in [3.05, 3.63) is 106 Å². The van der Waals surface area contributed by atoms with Gasteiger partial charge in [-0.25, -0.2) is 4.79 Å². The van der Waals surface area contributed by atoms with Gasteiger partial charge in [-0.1, -0.05) is 65.3 Å². The first-order valence-corrected chi connectivity index (χ1v) is 9.91. The number of rotatable bonds is 3. The van der Waals surface area contributed by atoms with E-state index in [4.69, 9.17) is 8.83 Å². The minimum absolute atomic E-state index is 0.304. The van der Waals surface area contributed by atoms with E-state index in [0.29, 0.717) is 39.2 Å². The van der Waals surface area contributed by atoms with Gasteiger partial charge in [0.25, 0.3) is 0 Å². The second-order valence-electron chi connectivity index (χ2n) is 7.55. The number of furan rings is 1. The first-order chi connectivity index (χ1) is 15.1. The van der Waals surface area contributed by atoms with Gasteiger partial charge in [0.2, 0.25) is 0 Å². The lowest BCUT2D eigenvalue weighted by Crippen LogP contribution is -2.04. The molecule has 31 heavy (non-hydrogen) atoms. The van der Waals surface area contributed by atoms with E-state index in [1.165, 1.54) is 6.07 Å². The molecule has 3 aromatic carbocycles. The van der Waals surface area contributed by atoms with Gasteiger partial charge in [0.1, 0.15) is 11.2 Å². The predicted molar refractivity (Wildman–Crippen MR) is 121 cm³/mol. The van der Waals surface area contributed by atoms with Crippen molar-refractivity contribution < 1.29 is 14.0 Å². The zero-order chi connectivity index (χ0) is 21.5. The molecule has 0 aliphatic heterocycles. The fraction of sp³-hybridized carbons (Fsp3) is 0.0769. The molecule has 0 amide bonds. The Bertz CT molecular complexity index is 1510. The van der Waals surface area contributed by atoms with Crippen LogP contribution in [0.3, 0.4) is 0 Å². The third-order valence-corrected chi connectivity index (χ3v) is 5.47. The quantitative estimate of drug-likeness (QED) is 0.170. The van der Waals surface area contributed by atoms with E-state index in [0.717, 1.165) is 22.1 Å². The molecule has 2 heterocycles. The van der Waals surface area contributed by atoms with Crippen molar-refractivity contribution in [3.63, 3.8) is 0 Å². The summed E-state index contributed by atoms with van der Waals surface area (Å²) in [4.78, 5) is 12.2. The van der Waals surface area contributed by atoms with Gasteiger partial charge in [0.05, 0.1) is 5.39 Å². The summed E-state index contributed by atoms with van der Waals surface area (Å²) >= 11 is 0. The van der Waals surface area contributed by atoms with Gasteiger partial charge in [-0.15, -0.1) is 0 Å². The van der Waals surface area contributed by atoms with Crippen molar-refractivity contribution >= 4 is 27.7 Å². The lowest BCUT2D eigenvalue weighted by atomic mass is 9.96. The zero-order valence-electron chi connectivity index (χ0n) is 17.0. The molecule has 0 radical (unpaired) electrons. The summed E-state index contributed by atoms with van der Waals surface area (Å²) < 4.78 is 11.9. The number of aryl methyl sites for hydroxylation is 2. The Morgan fingerprint density at radius 1 is 0.903 bits per heavy atom. The molecule has 0 unspecified atom stereocenters. The van der Waals surface area contributed by atoms with Crippen LogP contribution in [0.15, 0.2) is 91.6 Å². The van der Waals surface area contributed by atoms with E-state index in [2.05, 4.69) is 5.16 Å². The Hall–Kier alpha value is -4.12. The molecular weight excluding hydrogens is 390 g/mol. The molecule has 152 valence electrons. The topological polar surface area (TPSA) is 75.9 Å². The number of hydrogen-bond donors (Lipinski definition) is 1. The average molecular weight is 409 g/mol. The van der Waals surface area contributed by atoms with E-state index < -0.39 is 5.63 Å². The van der Waals surface area contributed by atoms with Crippen LogP contribution in [0.2, 0.25) is 0 Å². The van der Waals surface area contributed by atoms with Gasteiger partial charge < -0.3 is 14.0 Å². The van der Waals surface area contributed by atoms with Crippen LogP contribution in [0.25, 0.3) is 33.1 Å². The van der Waals surface area contributed by atoms with E-state index in [9.17, 15) is 10.0 Å². The van der Waals surface area contributed by atoms with Gasteiger partial charge in [-0.2, -0.15) is 0 Å². The van der Waals surface area contributed by atoms with Crippen molar-refractivity contribution in [3.8, 4) is 11.1 Å². The SMILES string of the molecule is Cc1ccc(/C(=N/O)c2oc3ccc4c(C)cc(=O)oc4c3c2-c2ccccc2)cc1. The van der Waals surface area contributed by atoms with E-state index >= 15 is 0 Å². The fourth-order valence-corrected chi connectivity index (χ4v) is 3.95. The lowest BCUT2D eigenvalue weighted by Gasteiger charge is -2.07. The summed E-state index contributed by atoms with van der Waals surface area (Å²) in [5.41, 5.74) is 5.09. The standard InChI is InChI=1S/C26H19NO4/c1-15-8-10-18(11-9-15)24(27-29)26-22(17-6-4-3-5-7-17)23-20(30-26)13-12-19-16(2)14-21(28)31-25(19)23/h3-14,29H,1-2H3/b27-24-. The molecule has 5 nitrogen and oxygen atoms in total. The molecule has 0 aliphatic rings.